The molecule has 0 saturated heterocycles. The molecule has 27 heavy (non-hydrogen) atoms. The minimum Gasteiger partial charge on any atom is -0.477 e. The number of rotatable bonds is 3. The van der Waals surface area contributed by atoms with Gasteiger partial charge in [-0.2, -0.15) is 0 Å². The summed E-state index contributed by atoms with van der Waals surface area (Å²) in [5.41, 5.74) is -0.731. The molecule has 3 rings (SSSR count). The van der Waals surface area contributed by atoms with Crippen LogP contribution in [0.25, 0.3) is 5.57 Å². The topological polar surface area (TPSA) is 108 Å². The van der Waals surface area contributed by atoms with Gasteiger partial charge < -0.3 is 19.1 Å². The minimum absolute atomic E-state index is 0.0130. The van der Waals surface area contributed by atoms with Gasteiger partial charge in [0, 0.05) is 43.3 Å². The number of nitrogens with zero attached hydrogens (tertiary/aromatic N) is 2. The molecule has 0 bridgehead atoms. The van der Waals surface area contributed by atoms with Gasteiger partial charge >= 0.3 is 11.9 Å². The molecule has 1 unspecified atom stereocenters. The molecule has 0 amide bonds. The summed E-state index contributed by atoms with van der Waals surface area (Å²) in [6.07, 6.45) is 0.301. The molecule has 1 spiro atoms. The first kappa shape index (κ1) is 18.4. The molecular formula is C18H18N2O7. The van der Waals surface area contributed by atoms with E-state index in [1.807, 2.05) is 0 Å². The number of fused-ring (bicyclic) bond motifs is 1. The van der Waals surface area contributed by atoms with Gasteiger partial charge in [-0.15, -0.1) is 0 Å². The van der Waals surface area contributed by atoms with E-state index in [0.717, 1.165) is 0 Å². The Labute approximate surface area is 154 Å². The van der Waals surface area contributed by atoms with Crippen molar-refractivity contribution in [3.05, 3.63) is 51.7 Å². The van der Waals surface area contributed by atoms with Crippen LogP contribution in [0, 0.1) is 10.1 Å². The van der Waals surface area contributed by atoms with Crippen molar-refractivity contribution < 1.29 is 28.7 Å². The number of hydrogen-bond donors (Lipinski definition) is 0. The zero-order chi connectivity index (χ0) is 19.9. The molecule has 2 heterocycles. The zero-order valence-electron chi connectivity index (χ0n) is 15.1. The number of hydrogen-bond acceptors (Lipinski definition) is 8. The van der Waals surface area contributed by atoms with Crippen LogP contribution in [-0.2, 0) is 19.1 Å². The molecule has 9 heteroatoms. The Morgan fingerprint density at radius 1 is 1.30 bits per heavy atom. The van der Waals surface area contributed by atoms with Crippen LogP contribution in [0.4, 0.5) is 5.69 Å². The van der Waals surface area contributed by atoms with E-state index in [2.05, 4.69) is 6.58 Å². The highest BCUT2D eigenvalue weighted by Crippen LogP contribution is 2.52. The summed E-state index contributed by atoms with van der Waals surface area (Å²) in [7, 11) is 4.06. The standard InChI is InChI=1S/C18H18N2O7/c1-10-12-9-11(20(23)24)5-6-13(12)27-18(10)7-8-19(2)15(17(22)26-4)14(18)16(21)25-3/h5-6,9H,1,7-8H2,2-4H3. The van der Waals surface area contributed by atoms with Crippen LogP contribution in [0.2, 0.25) is 0 Å². The molecular weight excluding hydrogens is 356 g/mol. The summed E-state index contributed by atoms with van der Waals surface area (Å²) >= 11 is 0. The van der Waals surface area contributed by atoms with E-state index >= 15 is 0 Å². The summed E-state index contributed by atoms with van der Waals surface area (Å²) in [6, 6.07) is 4.11. The SMILES string of the molecule is C=C1c2cc([N+](=O)[O-])ccc2OC12CCN(C)C(C(=O)OC)=C2C(=O)OC. The summed E-state index contributed by atoms with van der Waals surface area (Å²) in [5, 5.41) is 11.1. The average molecular weight is 374 g/mol. The third-order valence-corrected chi connectivity index (χ3v) is 4.86. The average Bonchev–Trinajstić information content (AvgIpc) is 2.94. The predicted octanol–water partition coefficient (Wildman–Crippen LogP) is 1.67. The fourth-order valence-electron chi connectivity index (χ4n) is 3.49. The second-order valence-corrected chi connectivity index (χ2v) is 6.22. The third-order valence-electron chi connectivity index (χ3n) is 4.86. The highest BCUT2D eigenvalue weighted by Gasteiger charge is 2.54. The van der Waals surface area contributed by atoms with Crippen molar-refractivity contribution in [3.63, 3.8) is 0 Å². The Bertz CT molecular complexity index is 905. The summed E-state index contributed by atoms with van der Waals surface area (Å²) in [4.78, 5) is 37.2. The lowest BCUT2D eigenvalue weighted by Crippen LogP contribution is -2.49. The maximum absolute atomic E-state index is 12.6. The van der Waals surface area contributed by atoms with E-state index in [0.29, 0.717) is 29.9 Å². The number of carbonyl (C=O) groups is 2. The predicted molar refractivity (Wildman–Crippen MR) is 93.8 cm³/mol. The Hall–Kier alpha value is -3.36. The molecule has 2 aliphatic rings. The summed E-state index contributed by atoms with van der Waals surface area (Å²) in [6.45, 7) is 4.40. The van der Waals surface area contributed by atoms with Crippen molar-refractivity contribution >= 4 is 23.2 Å². The Morgan fingerprint density at radius 3 is 2.56 bits per heavy atom. The van der Waals surface area contributed by atoms with E-state index in [9.17, 15) is 19.7 Å². The Kier molecular flexibility index (Phi) is 4.38. The molecule has 2 aliphatic heterocycles. The molecule has 1 atom stereocenters. The van der Waals surface area contributed by atoms with Crippen molar-refractivity contribution in [3.8, 4) is 5.75 Å². The van der Waals surface area contributed by atoms with Gasteiger partial charge in [-0.1, -0.05) is 6.58 Å². The van der Waals surface area contributed by atoms with Gasteiger partial charge in [0.2, 0.25) is 0 Å². The van der Waals surface area contributed by atoms with Crippen LogP contribution in [0.5, 0.6) is 5.75 Å². The highest BCUT2D eigenvalue weighted by molar-refractivity contribution is 6.05. The number of benzene rings is 1. The fraction of sp³-hybridized carbons (Fsp3) is 0.333. The summed E-state index contributed by atoms with van der Waals surface area (Å²) in [5.74, 6) is -1.12. The second-order valence-electron chi connectivity index (χ2n) is 6.22. The number of non-ortho nitro benzene ring substituents is 1. The molecule has 9 nitrogen and oxygen atoms in total. The van der Waals surface area contributed by atoms with Crippen LogP contribution in [-0.4, -0.2) is 55.2 Å². The first-order valence-corrected chi connectivity index (χ1v) is 8.06. The fourth-order valence-corrected chi connectivity index (χ4v) is 3.49. The van der Waals surface area contributed by atoms with Gasteiger partial charge in [-0.25, -0.2) is 9.59 Å². The largest absolute Gasteiger partial charge is 0.477 e. The van der Waals surface area contributed by atoms with Gasteiger partial charge in [-0.05, 0) is 6.07 Å². The third kappa shape index (κ3) is 2.62. The lowest BCUT2D eigenvalue weighted by Gasteiger charge is -2.40. The van der Waals surface area contributed by atoms with Crippen LogP contribution < -0.4 is 4.74 Å². The minimum atomic E-state index is -1.36. The van der Waals surface area contributed by atoms with Crippen LogP contribution in [0.15, 0.2) is 36.0 Å². The molecule has 0 saturated carbocycles. The van der Waals surface area contributed by atoms with E-state index < -0.39 is 22.5 Å². The monoisotopic (exact) mass is 374 g/mol. The molecule has 0 aromatic heterocycles. The summed E-state index contributed by atoms with van der Waals surface area (Å²) < 4.78 is 15.8. The van der Waals surface area contributed by atoms with Gasteiger partial charge in [0.05, 0.1) is 19.1 Å². The second kappa shape index (κ2) is 6.42. The molecule has 1 aromatic carbocycles. The molecule has 0 N–H and O–H groups in total. The van der Waals surface area contributed by atoms with Gasteiger partial charge in [0.1, 0.15) is 17.0 Å². The van der Waals surface area contributed by atoms with Crippen molar-refractivity contribution in [2.75, 3.05) is 27.8 Å². The van der Waals surface area contributed by atoms with Crippen molar-refractivity contribution in [1.82, 2.24) is 4.90 Å². The number of likely N-dealkylation sites (N-methyl/N-ethyl adjacent to an activating group) is 1. The number of ether oxygens (including phenoxy) is 3. The van der Waals surface area contributed by atoms with E-state index in [-0.39, 0.29) is 17.0 Å². The normalized spacial score (nSPS) is 21.0. The smallest absolute Gasteiger partial charge is 0.355 e. The lowest BCUT2D eigenvalue weighted by atomic mass is 9.78. The molecule has 142 valence electrons. The number of nitro groups is 1. The van der Waals surface area contributed by atoms with Crippen molar-refractivity contribution in [2.45, 2.75) is 12.0 Å². The number of carbonyl (C=O) groups excluding carboxylic acids is 2. The molecule has 0 aliphatic carbocycles. The quantitative estimate of drug-likeness (QED) is 0.447. The lowest BCUT2D eigenvalue weighted by molar-refractivity contribution is -0.384. The first-order valence-electron chi connectivity index (χ1n) is 8.06. The van der Waals surface area contributed by atoms with Crippen LogP contribution >= 0.6 is 0 Å². The van der Waals surface area contributed by atoms with E-state index in [4.69, 9.17) is 14.2 Å². The number of esters is 2. The van der Waals surface area contributed by atoms with E-state index in [1.165, 1.54) is 32.4 Å². The van der Waals surface area contributed by atoms with Crippen molar-refractivity contribution in [1.29, 1.82) is 0 Å². The molecule has 1 aromatic rings. The number of methoxy groups -OCH3 is 2. The van der Waals surface area contributed by atoms with Gasteiger partial charge in [0.15, 0.2) is 5.60 Å². The van der Waals surface area contributed by atoms with Crippen LogP contribution in [0.1, 0.15) is 12.0 Å². The van der Waals surface area contributed by atoms with Crippen molar-refractivity contribution in [2.24, 2.45) is 0 Å². The maximum Gasteiger partial charge on any atom is 0.355 e. The van der Waals surface area contributed by atoms with Crippen LogP contribution in [0.3, 0.4) is 0 Å². The Morgan fingerprint density at radius 2 is 1.96 bits per heavy atom. The van der Waals surface area contributed by atoms with Gasteiger partial charge in [-0.3, -0.25) is 10.1 Å². The highest BCUT2D eigenvalue weighted by atomic mass is 16.6. The van der Waals surface area contributed by atoms with E-state index in [1.54, 1.807) is 11.9 Å². The van der Waals surface area contributed by atoms with Gasteiger partial charge in [0.25, 0.3) is 5.69 Å². The maximum atomic E-state index is 12.6. The Balaban J connectivity index is 2.23. The first-order chi connectivity index (χ1) is 12.8. The zero-order valence-corrected chi connectivity index (χ0v) is 15.1. The molecule has 0 radical (unpaired) electrons. The molecule has 0 fully saturated rings. The number of nitro benzene ring substituents is 1.